The second-order valence-corrected chi connectivity index (χ2v) is 5.66. The topological polar surface area (TPSA) is 47.7 Å². The molecule has 0 aromatic heterocycles. The lowest BCUT2D eigenvalue weighted by Gasteiger charge is -2.33. The van der Waals surface area contributed by atoms with E-state index in [0.717, 1.165) is 52.0 Å². The van der Waals surface area contributed by atoms with Crippen LogP contribution in [0.4, 0.5) is 0 Å². The predicted molar refractivity (Wildman–Crippen MR) is 72.7 cm³/mol. The van der Waals surface area contributed by atoms with E-state index in [1.807, 2.05) is 0 Å². The van der Waals surface area contributed by atoms with Gasteiger partial charge in [-0.25, -0.2) is 0 Å². The highest BCUT2D eigenvalue weighted by Gasteiger charge is 2.26. The molecule has 2 rings (SSSR count). The Morgan fingerprint density at radius 1 is 1.22 bits per heavy atom. The van der Waals surface area contributed by atoms with Crippen molar-refractivity contribution >= 4 is 0 Å². The van der Waals surface area contributed by atoms with Crippen molar-refractivity contribution in [2.24, 2.45) is 5.73 Å². The fourth-order valence-corrected chi connectivity index (χ4v) is 2.90. The molecule has 0 aliphatic carbocycles. The van der Waals surface area contributed by atoms with Crippen LogP contribution in [-0.4, -0.2) is 56.0 Å². The van der Waals surface area contributed by atoms with E-state index >= 15 is 0 Å². The van der Waals surface area contributed by atoms with E-state index in [-0.39, 0.29) is 0 Å². The summed E-state index contributed by atoms with van der Waals surface area (Å²) in [6.45, 7) is 7.15. The van der Waals surface area contributed by atoms with Crippen molar-refractivity contribution in [3.05, 3.63) is 0 Å². The molecule has 2 heterocycles. The Bertz CT molecular complexity index is 230. The van der Waals surface area contributed by atoms with Gasteiger partial charge in [-0.1, -0.05) is 0 Å². The Kier molecular flexibility index (Phi) is 5.89. The molecule has 4 nitrogen and oxygen atoms in total. The zero-order valence-electron chi connectivity index (χ0n) is 11.6. The molecular weight excluding hydrogens is 228 g/mol. The number of nitrogens with zero attached hydrogens (tertiary/aromatic N) is 1. The van der Waals surface area contributed by atoms with Crippen molar-refractivity contribution in [2.45, 2.75) is 57.3 Å². The second-order valence-electron chi connectivity index (χ2n) is 5.66. The quantitative estimate of drug-likeness (QED) is 0.730. The van der Waals surface area contributed by atoms with Crippen molar-refractivity contribution in [3.8, 4) is 0 Å². The average Bonchev–Trinajstić information content (AvgIpc) is 2.77. The number of rotatable bonds is 6. The summed E-state index contributed by atoms with van der Waals surface area (Å²) in [5.41, 5.74) is 5.47. The van der Waals surface area contributed by atoms with Crippen molar-refractivity contribution in [1.29, 1.82) is 0 Å². The summed E-state index contributed by atoms with van der Waals surface area (Å²) in [6, 6.07) is 0. The van der Waals surface area contributed by atoms with Crippen LogP contribution in [0.2, 0.25) is 0 Å². The smallest absolute Gasteiger partial charge is 0.0706 e. The van der Waals surface area contributed by atoms with Gasteiger partial charge in [-0.05, 0) is 45.6 Å². The van der Waals surface area contributed by atoms with Gasteiger partial charge in [0.05, 0.1) is 18.3 Å². The Labute approximate surface area is 111 Å². The second kappa shape index (κ2) is 7.43. The predicted octanol–water partition coefficient (Wildman–Crippen LogP) is 1.38. The first-order chi connectivity index (χ1) is 8.78. The molecule has 2 saturated heterocycles. The van der Waals surface area contributed by atoms with E-state index in [0.29, 0.717) is 18.3 Å². The van der Waals surface area contributed by atoms with Gasteiger partial charge in [-0.15, -0.1) is 0 Å². The molecule has 18 heavy (non-hydrogen) atoms. The highest BCUT2D eigenvalue weighted by atomic mass is 16.5. The van der Waals surface area contributed by atoms with Crippen LogP contribution >= 0.6 is 0 Å². The number of likely N-dealkylation sites (tertiary alicyclic amines) is 1. The summed E-state index contributed by atoms with van der Waals surface area (Å²) in [6.07, 6.45) is 7.14. The maximum absolute atomic E-state index is 5.88. The van der Waals surface area contributed by atoms with Crippen LogP contribution in [0.15, 0.2) is 0 Å². The van der Waals surface area contributed by atoms with Crippen LogP contribution in [0.5, 0.6) is 0 Å². The molecule has 0 saturated carbocycles. The van der Waals surface area contributed by atoms with Gasteiger partial charge in [0, 0.05) is 26.2 Å². The molecule has 106 valence electrons. The summed E-state index contributed by atoms with van der Waals surface area (Å²) in [5, 5.41) is 0. The summed E-state index contributed by atoms with van der Waals surface area (Å²) in [5.74, 6) is 0. The Morgan fingerprint density at radius 3 is 2.61 bits per heavy atom. The van der Waals surface area contributed by atoms with Crippen LogP contribution in [0.25, 0.3) is 0 Å². The Hall–Kier alpha value is -0.160. The van der Waals surface area contributed by atoms with Gasteiger partial charge in [0.15, 0.2) is 0 Å². The van der Waals surface area contributed by atoms with E-state index in [1.165, 1.54) is 12.8 Å². The molecule has 0 radical (unpaired) electrons. The van der Waals surface area contributed by atoms with E-state index in [9.17, 15) is 0 Å². The first-order valence-electron chi connectivity index (χ1n) is 7.47. The van der Waals surface area contributed by atoms with Crippen molar-refractivity contribution in [1.82, 2.24) is 4.90 Å². The largest absolute Gasteiger partial charge is 0.378 e. The lowest BCUT2D eigenvalue weighted by Crippen LogP contribution is -2.41. The van der Waals surface area contributed by atoms with E-state index in [4.69, 9.17) is 15.2 Å². The SMILES string of the molecule is CC1CCC(CN2CCC(OCCCN)CC2)O1. The van der Waals surface area contributed by atoms with Crippen molar-refractivity contribution in [2.75, 3.05) is 32.8 Å². The van der Waals surface area contributed by atoms with E-state index < -0.39 is 0 Å². The molecule has 0 aromatic carbocycles. The number of ether oxygens (including phenoxy) is 2. The molecule has 2 unspecified atom stereocenters. The number of nitrogens with two attached hydrogens (primary N) is 1. The van der Waals surface area contributed by atoms with Gasteiger partial charge in [-0.2, -0.15) is 0 Å². The van der Waals surface area contributed by atoms with Crippen LogP contribution in [0.1, 0.15) is 39.0 Å². The third-order valence-corrected chi connectivity index (χ3v) is 4.02. The molecular formula is C14H28N2O2. The highest BCUT2D eigenvalue weighted by Crippen LogP contribution is 2.22. The lowest BCUT2D eigenvalue weighted by molar-refractivity contribution is -0.0133. The zero-order chi connectivity index (χ0) is 12.8. The minimum absolute atomic E-state index is 0.455. The first kappa shape index (κ1) is 14.3. The molecule has 0 bridgehead atoms. The lowest BCUT2D eigenvalue weighted by atomic mass is 10.1. The minimum Gasteiger partial charge on any atom is -0.378 e. The van der Waals surface area contributed by atoms with Crippen LogP contribution < -0.4 is 5.73 Å². The number of hydrogen-bond donors (Lipinski definition) is 1. The molecule has 0 amide bonds. The molecule has 0 aromatic rings. The Morgan fingerprint density at radius 2 is 2.00 bits per heavy atom. The van der Waals surface area contributed by atoms with Gasteiger partial charge in [-0.3, -0.25) is 0 Å². The third kappa shape index (κ3) is 4.50. The van der Waals surface area contributed by atoms with E-state index in [1.54, 1.807) is 0 Å². The fourth-order valence-electron chi connectivity index (χ4n) is 2.90. The third-order valence-electron chi connectivity index (χ3n) is 4.02. The van der Waals surface area contributed by atoms with E-state index in [2.05, 4.69) is 11.8 Å². The summed E-state index contributed by atoms with van der Waals surface area (Å²) in [7, 11) is 0. The monoisotopic (exact) mass is 256 g/mol. The van der Waals surface area contributed by atoms with Gasteiger partial charge in [0.25, 0.3) is 0 Å². The molecule has 2 aliphatic rings. The van der Waals surface area contributed by atoms with Gasteiger partial charge in [0.1, 0.15) is 0 Å². The van der Waals surface area contributed by atoms with Gasteiger partial charge >= 0.3 is 0 Å². The Balaban J connectivity index is 1.58. The van der Waals surface area contributed by atoms with Crippen LogP contribution in [-0.2, 0) is 9.47 Å². The summed E-state index contributed by atoms with van der Waals surface area (Å²) in [4.78, 5) is 2.53. The van der Waals surface area contributed by atoms with Gasteiger partial charge < -0.3 is 20.1 Å². The molecule has 4 heteroatoms. The summed E-state index contributed by atoms with van der Waals surface area (Å²) >= 11 is 0. The fraction of sp³-hybridized carbons (Fsp3) is 1.00. The maximum atomic E-state index is 5.88. The normalized spacial score (nSPS) is 31.0. The maximum Gasteiger partial charge on any atom is 0.0706 e. The van der Waals surface area contributed by atoms with Crippen LogP contribution in [0.3, 0.4) is 0 Å². The minimum atomic E-state index is 0.455. The standard InChI is InChI=1S/C14H28N2O2/c1-12-3-4-14(18-12)11-16-8-5-13(6-9-16)17-10-2-7-15/h12-14H,2-11,15H2,1H3. The number of piperidine rings is 1. The summed E-state index contributed by atoms with van der Waals surface area (Å²) < 4.78 is 11.7. The first-order valence-corrected chi connectivity index (χ1v) is 7.47. The van der Waals surface area contributed by atoms with Crippen molar-refractivity contribution in [3.63, 3.8) is 0 Å². The molecule has 2 atom stereocenters. The molecule has 2 fully saturated rings. The molecule has 2 aliphatic heterocycles. The highest BCUT2D eigenvalue weighted by molar-refractivity contribution is 4.78. The molecule has 0 spiro atoms. The van der Waals surface area contributed by atoms with Crippen LogP contribution in [0, 0.1) is 0 Å². The van der Waals surface area contributed by atoms with Crippen molar-refractivity contribution < 1.29 is 9.47 Å². The molecule has 2 N–H and O–H groups in total. The zero-order valence-corrected chi connectivity index (χ0v) is 11.6. The average molecular weight is 256 g/mol. The number of hydrogen-bond acceptors (Lipinski definition) is 4. The van der Waals surface area contributed by atoms with Gasteiger partial charge in [0.2, 0.25) is 0 Å².